The number of fused-ring (bicyclic) bond motifs is 3. The fraction of sp³-hybridized carbons (Fsp3) is 0.222. The third kappa shape index (κ3) is 2.73. The Morgan fingerprint density at radius 3 is 2.83 bits per heavy atom. The molecule has 3 aromatic rings. The summed E-state index contributed by atoms with van der Waals surface area (Å²) in [5, 5.41) is 19.6. The van der Waals surface area contributed by atoms with Gasteiger partial charge in [-0.25, -0.2) is 14.2 Å². The number of benzene rings is 1. The number of carboxylic acids is 1. The molecule has 0 unspecified atom stereocenters. The lowest BCUT2D eigenvalue weighted by atomic mass is 10.2. The number of carbonyl (C=O) groups is 2. The SMILES string of the molecule is O=C(Nc1cnc2n(c1=O)[C@H](C(=O)O)[C@@H]1C[C@H]21)c1nnc(-c2ccccc2F)s1. The van der Waals surface area contributed by atoms with E-state index in [4.69, 9.17) is 0 Å². The Labute approximate surface area is 165 Å². The minimum atomic E-state index is -1.10. The normalized spacial score (nSPS) is 21.3. The van der Waals surface area contributed by atoms with Gasteiger partial charge >= 0.3 is 5.97 Å². The van der Waals surface area contributed by atoms with E-state index in [9.17, 15) is 23.9 Å². The summed E-state index contributed by atoms with van der Waals surface area (Å²) in [6.45, 7) is 0. The summed E-state index contributed by atoms with van der Waals surface area (Å²) < 4.78 is 15.0. The zero-order valence-corrected chi connectivity index (χ0v) is 15.4. The molecule has 9 nitrogen and oxygen atoms in total. The molecule has 1 amide bonds. The van der Waals surface area contributed by atoms with E-state index in [1.165, 1.54) is 24.4 Å². The van der Waals surface area contributed by atoms with E-state index in [1.54, 1.807) is 6.07 Å². The zero-order valence-electron chi connectivity index (χ0n) is 14.6. The van der Waals surface area contributed by atoms with E-state index < -0.39 is 29.3 Å². The van der Waals surface area contributed by atoms with E-state index in [1.807, 2.05) is 0 Å². The Hall–Kier alpha value is -3.47. The second-order valence-electron chi connectivity index (χ2n) is 6.84. The van der Waals surface area contributed by atoms with Gasteiger partial charge in [-0.15, -0.1) is 10.2 Å². The number of nitrogens with one attached hydrogen (secondary N) is 1. The lowest BCUT2D eigenvalue weighted by Crippen LogP contribution is -2.33. The monoisotopic (exact) mass is 413 g/mol. The van der Waals surface area contributed by atoms with Gasteiger partial charge in [-0.05, 0) is 18.6 Å². The Morgan fingerprint density at radius 2 is 2.07 bits per heavy atom. The third-order valence-electron chi connectivity index (χ3n) is 5.10. The summed E-state index contributed by atoms with van der Waals surface area (Å²) >= 11 is 0.874. The van der Waals surface area contributed by atoms with Crippen LogP contribution in [0.25, 0.3) is 10.6 Å². The molecule has 5 rings (SSSR count). The maximum atomic E-state index is 13.9. The van der Waals surface area contributed by atoms with Crippen LogP contribution in [0.2, 0.25) is 0 Å². The number of rotatable bonds is 4. The summed E-state index contributed by atoms with van der Waals surface area (Å²) in [6.07, 6.45) is 1.92. The summed E-state index contributed by atoms with van der Waals surface area (Å²) in [5.74, 6) is -2.02. The van der Waals surface area contributed by atoms with Gasteiger partial charge in [0.15, 0.2) is 5.01 Å². The minimum Gasteiger partial charge on any atom is -0.480 e. The van der Waals surface area contributed by atoms with Crippen LogP contribution in [0.3, 0.4) is 0 Å². The molecule has 1 fully saturated rings. The van der Waals surface area contributed by atoms with Crippen molar-refractivity contribution in [2.24, 2.45) is 5.92 Å². The van der Waals surface area contributed by atoms with Crippen molar-refractivity contribution in [3.8, 4) is 10.6 Å². The Bertz CT molecular complexity index is 1240. The number of halogens is 1. The molecular weight excluding hydrogens is 401 g/mol. The lowest BCUT2D eigenvalue weighted by Gasteiger charge is -2.14. The number of aliphatic carboxylic acids is 1. The molecule has 0 saturated heterocycles. The number of carbonyl (C=O) groups excluding carboxylic acids is 1. The first-order valence-electron chi connectivity index (χ1n) is 8.69. The van der Waals surface area contributed by atoms with Crippen molar-refractivity contribution in [2.75, 3.05) is 5.32 Å². The first kappa shape index (κ1) is 17.6. The molecule has 146 valence electrons. The largest absolute Gasteiger partial charge is 0.480 e. The van der Waals surface area contributed by atoms with Crippen LogP contribution in [0.15, 0.2) is 35.3 Å². The maximum absolute atomic E-state index is 13.9. The molecular formula is C18H12FN5O4S. The van der Waals surface area contributed by atoms with Gasteiger partial charge < -0.3 is 10.4 Å². The highest BCUT2D eigenvalue weighted by molar-refractivity contribution is 7.16. The number of hydrogen-bond acceptors (Lipinski definition) is 7. The van der Waals surface area contributed by atoms with Crippen LogP contribution in [0, 0.1) is 11.7 Å². The van der Waals surface area contributed by atoms with Crippen molar-refractivity contribution in [3.05, 3.63) is 57.5 Å². The van der Waals surface area contributed by atoms with E-state index in [-0.39, 0.29) is 33.1 Å². The van der Waals surface area contributed by atoms with Crippen LogP contribution in [-0.4, -0.2) is 36.7 Å². The van der Waals surface area contributed by atoms with Crippen LogP contribution in [0.4, 0.5) is 10.1 Å². The number of carboxylic acid groups (broad SMARTS) is 1. The van der Waals surface area contributed by atoms with Gasteiger partial charge in [0, 0.05) is 17.4 Å². The zero-order chi connectivity index (χ0) is 20.3. The summed E-state index contributed by atoms with van der Waals surface area (Å²) in [6, 6.07) is 5.00. The first-order valence-corrected chi connectivity index (χ1v) is 9.51. The first-order chi connectivity index (χ1) is 14.0. The van der Waals surface area contributed by atoms with Crippen LogP contribution >= 0.6 is 11.3 Å². The molecule has 3 atom stereocenters. The second-order valence-corrected chi connectivity index (χ2v) is 7.82. The van der Waals surface area contributed by atoms with E-state index >= 15 is 0 Å². The number of anilines is 1. The van der Waals surface area contributed by atoms with E-state index in [2.05, 4.69) is 20.5 Å². The number of nitrogens with zero attached hydrogens (tertiary/aromatic N) is 4. The van der Waals surface area contributed by atoms with Crippen molar-refractivity contribution in [1.29, 1.82) is 0 Å². The van der Waals surface area contributed by atoms with Crippen molar-refractivity contribution in [1.82, 2.24) is 19.7 Å². The molecule has 0 spiro atoms. The Kier molecular flexibility index (Phi) is 3.81. The fourth-order valence-corrected chi connectivity index (χ4v) is 4.46. The summed E-state index contributed by atoms with van der Waals surface area (Å²) in [7, 11) is 0. The predicted molar refractivity (Wildman–Crippen MR) is 99.3 cm³/mol. The van der Waals surface area contributed by atoms with E-state index in [0.29, 0.717) is 12.2 Å². The maximum Gasteiger partial charge on any atom is 0.327 e. The number of amides is 1. The quantitative estimate of drug-likeness (QED) is 0.669. The lowest BCUT2D eigenvalue weighted by molar-refractivity contribution is -0.141. The summed E-state index contributed by atoms with van der Waals surface area (Å²) in [5.41, 5.74) is -0.553. The van der Waals surface area contributed by atoms with Gasteiger partial charge in [0.25, 0.3) is 11.5 Å². The third-order valence-corrected chi connectivity index (χ3v) is 6.06. The molecule has 1 aromatic carbocycles. The predicted octanol–water partition coefficient (Wildman–Crippen LogP) is 1.90. The molecule has 2 aliphatic rings. The molecule has 2 N–H and O–H groups in total. The number of aromatic nitrogens is 4. The van der Waals surface area contributed by atoms with Gasteiger partial charge in [0.1, 0.15) is 23.4 Å². The standard InChI is InChI=1S/C18H12FN5O4S/c19-10-4-2-1-3-7(10)15-22-23-16(29-15)14(25)21-11-6-20-13-9-5-8(9)12(18(27)28)24(13)17(11)26/h1-4,6,8-9,12H,5H2,(H,21,25)(H,27,28)/t8-,9+,12+/m1/s1. The number of hydrogen-bond donors (Lipinski definition) is 2. The van der Waals surface area contributed by atoms with Crippen LogP contribution < -0.4 is 10.9 Å². The van der Waals surface area contributed by atoms with Crippen LogP contribution in [-0.2, 0) is 4.79 Å². The van der Waals surface area contributed by atoms with Crippen molar-refractivity contribution in [2.45, 2.75) is 18.4 Å². The topological polar surface area (TPSA) is 127 Å². The molecule has 11 heteroatoms. The Morgan fingerprint density at radius 1 is 1.28 bits per heavy atom. The van der Waals surface area contributed by atoms with Gasteiger partial charge in [-0.3, -0.25) is 14.2 Å². The van der Waals surface area contributed by atoms with Crippen LogP contribution in [0.1, 0.15) is 34.0 Å². The molecule has 2 aromatic heterocycles. The molecule has 29 heavy (non-hydrogen) atoms. The second kappa shape index (κ2) is 6.27. The highest BCUT2D eigenvalue weighted by atomic mass is 32.1. The van der Waals surface area contributed by atoms with Crippen molar-refractivity contribution in [3.63, 3.8) is 0 Å². The van der Waals surface area contributed by atoms with E-state index in [0.717, 1.165) is 15.9 Å². The minimum absolute atomic E-state index is 0.0277. The summed E-state index contributed by atoms with van der Waals surface area (Å²) in [4.78, 5) is 41.0. The molecule has 1 aliphatic heterocycles. The fourth-order valence-electron chi connectivity index (χ4n) is 3.69. The van der Waals surface area contributed by atoms with Crippen molar-refractivity contribution >= 4 is 28.9 Å². The average molecular weight is 413 g/mol. The molecule has 1 aliphatic carbocycles. The molecule has 0 radical (unpaired) electrons. The van der Waals surface area contributed by atoms with Crippen molar-refractivity contribution < 1.29 is 19.1 Å². The Balaban J connectivity index is 1.43. The van der Waals surface area contributed by atoms with Crippen LogP contribution in [0.5, 0.6) is 0 Å². The van der Waals surface area contributed by atoms with Gasteiger partial charge in [0.2, 0.25) is 5.01 Å². The van der Waals surface area contributed by atoms with Gasteiger partial charge in [-0.2, -0.15) is 0 Å². The van der Waals surface area contributed by atoms with Gasteiger partial charge in [-0.1, -0.05) is 23.5 Å². The van der Waals surface area contributed by atoms with Gasteiger partial charge in [0.05, 0.1) is 6.20 Å². The molecule has 1 saturated carbocycles. The average Bonchev–Trinajstić information content (AvgIpc) is 3.17. The highest BCUT2D eigenvalue weighted by Gasteiger charge is 2.57. The smallest absolute Gasteiger partial charge is 0.327 e. The highest BCUT2D eigenvalue weighted by Crippen LogP contribution is 2.58. The molecule has 3 heterocycles. The molecule has 0 bridgehead atoms.